The third-order valence-electron chi connectivity index (χ3n) is 3.52. The Hall–Kier alpha value is -2.82. The fourth-order valence-corrected chi connectivity index (χ4v) is 2.53. The lowest BCUT2D eigenvalue weighted by Crippen LogP contribution is -2.24. The number of benzene rings is 1. The molecule has 0 saturated heterocycles. The van der Waals surface area contributed by atoms with E-state index >= 15 is 0 Å². The third-order valence-corrected chi connectivity index (χ3v) is 3.93. The fraction of sp³-hybridized carbons (Fsp3) is 0.286. The largest absolute Gasteiger partial charge is 0.325 e. The molecule has 10 nitrogen and oxygen atoms in total. The molecule has 0 bridgehead atoms. The first-order valence-electron chi connectivity index (χ1n) is 7.11. The first kappa shape index (κ1) is 18.5. The van der Waals surface area contributed by atoms with Crippen LogP contribution >= 0.6 is 15.9 Å². The lowest BCUT2D eigenvalue weighted by Gasteiger charge is -2.12. The van der Waals surface area contributed by atoms with E-state index in [1.54, 1.807) is 24.0 Å². The Kier molecular flexibility index (Phi) is 5.47. The topological polar surface area (TPSA) is 133 Å². The number of carbonyl (C=O) groups excluding carboxylic acids is 1. The van der Waals surface area contributed by atoms with E-state index in [0.29, 0.717) is 0 Å². The van der Waals surface area contributed by atoms with Gasteiger partial charge in [-0.15, -0.1) is 0 Å². The number of hydrogen-bond acceptors (Lipinski definition) is 6. The Morgan fingerprint density at radius 3 is 2.32 bits per heavy atom. The second-order valence-corrected chi connectivity index (χ2v) is 6.34. The average Bonchev–Trinajstić information content (AvgIpc) is 2.93. The molecule has 1 heterocycles. The molecule has 2 aromatic rings. The Bertz CT molecular complexity index is 815. The summed E-state index contributed by atoms with van der Waals surface area (Å²) in [6.45, 7) is 3.23. The molecule has 1 amide bonds. The number of aromatic nitrogens is 2. The second-order valence-electron chi connectivity index (χ2n) is 5.42. The van der Waals surface area contributed by atoms with Crippen molar-refractivity contribution in [2.45, 2.75) is 20.4 Å². The van der Waals surface area contributed by atoms with Gasteiger partial charge in [0, 0.05) is 18.3 Å². The zero-order valence-corrected chi connectivity index (χ0v) is 14.9. The highest BCUT2D eigenvalue weighted by Crippen LogP contribution is 2.31. The molecule has 0 aliphatic heterocycles. The van der Waals surface area contributed by atoms with Gasteiger partial charge in [-0.2, -0.15) is 5.10 Å². The van der Waals surface area contributed by atoms with E-state index in [2.05, 4.69) is 26.3 Å². The van der Waals surface area contributed by atoms with Gasteiger partial charge in [0.25, 0.3) is 11.4 Å². The predicted molar refractivity (Wildman–Crippen MR) is 92.2 cm³/mol. The fourth-order valence-electron chi connectivity index (χ4n) is 2.20. The van der Waals surface area contributed by atoms with E-state index in [1.807, 2.05) is 0 Å². The summed E-state index contributed by atoms with van der Waals surface area (Å²) < 4.78 is 2.33. The predicted octanol–water partition coefficient (Wildman–Crippen LogP) is 3.05. The van der Waals surface area contributed by atoms with Gasteiger partial charge in [0.2, 0.25) is 5.91 Å². The van der Waals surface area contributed by atoms with E-state index in [4.69, 9.17) is 0 Å². The molecule has 1 aromatic heterocycles. The van der Waals surface area contributed by atoms with Crippen LogP contribution < -0.4 is 5.32 Å². The van der Waals surface area contributed by atoms with E-state index in [-0.39, 0.29) is 17.8 Å². The molecule has 1 unspecified atom stereocenters. The van der Waals surface area contributed by atoms with Gasteiger partial charge >= 0.3 is 0 Å². The maximum atomic E-state index is 12.3. The number of nitrogens with one attached hydrogen (secondary N) is 1. The molecule has 2 rings (SSSR count). The molecule has 25 heavy (non-hydrogen) atoms. The normalized spacial score (nSPS) is 11.8. The minimum absolute atomic E-state index is 0.00231. The molecular weight excluding hydrogens is 398 g/mol. The van der Waals surface area contributed by atoms with Crippen LogP contribution in [-0.4, -0.2) is 25.5 Å². The summed E-state index contributed by atoms with van der Waals surface area (Å²) in [7, 11) is 0. The highest BCUT2D eigenvalue weighted by atomic mass is 79.9. The summed E-state index contributed by atoms with van der Waals surface area (Å²) in [4.78, 5) is 33.0. The van der Waals surface area contributed by atoms with Crippen LogP contribution in [0.4, 0.5) is 17.1 Å². The van der Waals surface area contributed by atoms with Crippen molar-refractivity contribution in [3.63, 3.8) is 0 Å². The van der Waals surface area contributed by atoms with Crippen molar-refractivity contribution < 1.29 is 14.6 Å². The van der Waals surface area contributed by atoms with Gasteiger partial charge < -0.3 is 5.32 Å². The summed E-state index contributed by atoms with van der Waals surface area (Å²) >= 11 is 3.25. The molecule has 0 aliphatic rings. The van der Waals surface area contributed by atoms with Crippen molar-refractivity contribution >= 4 is 38.9 Å². The van der Waals surface area contributed by atoms with Gasteiger partial charge in [-0.3, -0.25) is 29.7 Å². The summed E-state index contributed by atoms with van der Waals surface area (Å²) in [5.41, 5.74) is -0.911. The van der Waals surface area contributed by atoms with Crippen molar-refractivity contribution in [2.24, 2.45) is 5.92 Å². The van der Waals surface area contributed by atoms with E-state index < -0.39 is 33.0 Å². The van der Waals surface area contributed by atoms with Crippen molar-refractivity contribution in [3.05, 3.63) is 54.8 Å². The van der Waals surface area contributed by atoms with Crippen LogP contribution in [-0.2, 0) is 11.3 Å². The Balaban J connectivity index is 2.22. The summed E-state index contributed by atoms with van der Waals surface area (Å²) in [5, 5.41) is 28.7. The molecule has 0 aliphatic carbocycles. The van der Waals surface area contributed by atoms with Gasteiger partial charge in [0.05, 0.1) is 38.7 Å². The van der Waals surface area contributed by atoms with Crippen LogP contribution in [0.15, 0.2) is 29.0 Å². The van der Waals surface area contributed by atoms with Crippen LogP contribution in [0.3, 0.4) is 0 Å². The lowest BCUT2D eigenvalue weighted by molar-refractivity contribution is -0.395. The average molecular weight is 412 g/mol. The summed E-state index contributed by atoms with van der Waals surface area (Å²) in [6, 6.07) is 2.22. The SMILES string of the molecule is Cc1c([N+](=O)[O-])cc(NC(=O)C(C)Cn2cc(Br)cn2)cc1[N+](=O)[O-]. The van der Waals surface area contributed by atoms with Gasteiger partial charge in [-0.05, 0) is 22.9 Å². The molecule has 0 saturated carbocycles. The van der Waals surface area contributed by atoms with Crippen molar-refractivity contribution in [1.29, 1.82) is 0 Å². The Morgan fingerprint density at radius 1 is 1.32 bits per heavy atom. The van der Waals surface area contributed by atoms with Crippen molar-refractivity contribution in [1.82, 2.24) is 9.78 Å². The number of amides is 1. The van der Waals surface area contributed by atoms with Gasteiger partial charge in [0.1, 0.15) is 5.56 Å². The second kappa shape index (κ2) is 7.38. The number of anilines is 1. The monoisotopic (exact) mass is 411 g/mol. The lowest BCUT2D eigenvalue weighted by atomic mass is 10.1. The van der Waals surface area contributed by atoms with Crippen LogP contribution in [0.1, 0.15) is 12.5 Å². The number of carbonyl (C=O) groups is 1. The maximum absolute atomic E-state index is 12.3. The highest BCUT2D eigenvalue weighted by molar-refractivity contribution is 9.10. The summed E-state index contributed by atoms with van der Waals surface area (Å²) in [5.74, 6) is -0.940. The van der Waals surface area contributed by atoms with E-state index in [9.17, 15) is 25.0 Å². The zero-order chi connectivity index (χ0) is 18.7. The molecule has 1 aromatic carbocycles. The number of nitro groups is 2. The third kappa shape index (κ3) is 4.38. The Labute approximate surface area is 150 Å². The maximum Gasteiger partial charge on any atom is 0.281 e. The molecule has 11 heteroatoms. The van der Waals surface area contributed by atoms with Crippen LogP contribution in [0.5, 0.6) is 0 Å². The highest BCUT2D eigenvalue weighted by Gasteiger charge is 2.24. The number of halogens is 1. The molecule has 0 spiro atoms. The zero-order valence-electron chi connectivity index (χ0n) is 13.3. The smallest absolute Gasteiger partial charge is 0.281 e. The van der Waals surface area contributed by atoms with E-state index in [0.717, 1.165) is 16.6 Å². The molecule has 132 valence electrons. The molecule has 0 radical (unpaired) electrons. The first-order chi connectivity index (χ1) is 11.7. The minimum Gasteiger partial charge on any atom is -0.325 e. The number of nitro benzene ring substituents is 2. The van der Waals surface area contributed by atoms with E-state index in [1.165, 1.54) is 6.92 Å². The quantitative estimate of drug-likeness (QED) is 0.573. The minimum atomic E-state index is -0.720. The molecule has 0 fully saturated rings. The molecular formula is C14H14BrN5O5. The van der Waals surface area contributed by atoms with Crippen LogP contribution in [0.2, 0.25) is 0 Å². The summed E-state index contributed by atoms with van der Waals surface area (Å²) in [6.07, 6.45) is 3.28. The molecule has 1 atom stereocenters. The van der Waals surface area contributed by atoms with Crippen molar-refractivity contribution in [3.8, 4) is 0 Å². The van der Waals surface area contributed by atoms with Crippen molar-refractivity contribution in [2.75, 3.05) is 5.32 Å². The molecule has 1 N–H and O–H groups in total. The number of hydrogen-bond donors (Lipinski definition) is 1. The first-order valence-corrected chi connectivity index (χ1v) is 7.90. The standard InChI is InChI=1S/C14H14BrN5O5/c1-8(6-18-7-10(15)5-16-18)14(21)17-11-3-12(19(22)23)9(2)13(4-11)20(24)25/h3-5,7-8H,6H2,1-2H3,(H,17,21). The number of rotatable bonds is 6. The number of nitrogens with zero attached hydrogens (tertiary/aromatic N) is 4. The van der Waals surface area contributed by atoms with Crippen LogP contribution in [0, 0.1) is 33.1 Å². The van der Waals surface area contributed by atoms with Gasteiger partial charge in [0.15, 0.2) is 0 Å². The van der Waals surface area contributed by atoms with Crippen LogP contribution in [0.25, 0.3) is 0 Å². The van der Waals surface area contributed by atoms with Gasteiger partial charge in [-0.1, -0.05) is 6.92 Å². The Morgan fingerprint density at radius 2 is 1.88 bits per heavy atom. The van der Waals surface area contributed by atoms with Gasteiger partial charge in [-0.25, -0.2) is 0 Å².